The number of aromatic nitrogens is 4. The minimum absolute atomic E-state index is 0.0397. The van der Waals surface area contributed by atoms with Gasteiger partial charge in [0, 0.05) is 18.5 Å². The van der Waals surface area contributed by atoms with Gasteiger partial charge in [0.05, 0.1) is 23.9 Å². The molecule has 0 radical (unpaired) electrons. The van der Waals surface area contributed by atoms with Crippen molar-refractivity contribution in [1.29, 1.82) is 0 Å². The third kappa shape index (κ3) is 3.05. The van der Waals surface area contributed by atoms with Gasteiger partial charge in [-0.25, -0.2) is 8.78 Å². The van der Waals surface area contributed by atoms with E-state index < -0.39 is 18.5 Å². The second kappa shape index (κ2) is 6.16. The van der Waals surface area contributed by atoms with Crippen molar-refractivity contribution in [3.05, 3.63) is 11.8 Å². The lowest BCUT2D eigenvalue weighted by Gasteiger charge is -2.35. The summed E-state index contributed by atoms with van der Waals surface area (Å²) < 4.78 is 63.7. The van der Waals surface area contributed by atoms with E-state index in [2.05, 4.69) is 19.8 Å². The van der Waals surface area contributed by atoms with Gasteiger partial charge in [-0.15, -0.1) is 0 Å². The molecule has 4 fully saturated rings. The molecule has 28 heavy (non-hydrogen) atoms. The Bertz CT molecular complexity index is 898. The van der Waals surface area contributed by atoms with Gasteiger partial charge in [-0.05, 0) is 32.6 Å². The highest BCUT2D eigenvalue weighted by Crippen LogP contribution is 2.47. The highest BCUT2D eigenvalue weighted by Gasteiger charge is 2.55. The SMILES string of the molecule is CC(F)(F)CCc1cc2nc(OC(F)F)nc(N3C4CC5CC3C(C4)O5)n2n1. The zero-order valence-corrected chi connectivity index (χ0v) is 15.1. The maximum Gasteiger partial charge on any atom is 0.389 e. The molecule has 0 aromatic carbocycles. The molecule has 0 spiro atoms. The Morgan fingerprint density at radius 2 is 2.11 bits per heavy atom. The van der Waals surface area contributed by atoms with E-state index in [4.69, 9.17) is 4.74 Å². The molecule has 4 saturated heterocycles. The van der Waals surface area contributed by atoms with E-state index >= 15 is 0 Å². The van der Waals surface area contributed by atoms with Crippen LogP contribution in [0, 0.1) is 0 Å². The van der Waals surface area contributed by atoms with Crippen LogP contribution in [0.1, 0.15) is 38.3 Å². The summed E-state index contributed by atoms with van der Waals surface area (Å²) in [5, 5.41) is 4.38. The van der Waals surface area contributed by atoms with Crippen LogP contribution in [-0.4, -0.2) is 56.4 Å². The fraction of sp³-hybridized carbons (Fsp3) is 0.706. The van der Waals surface area contributed by atoms with E-state index in [1.807, 2.05) is 4.90 Å². The van der Waals surface area contributed by atoms with Crippen LogP contribution < -0.4 is 9.64 Å². The van der Waals surface area contributed by atoms with E-state index in [1.165, 1.54) is 10.6 Å². The molecule has 6 rings (SSSR count). The van der Waals surface area contributed by atoms with Gasteiger partial charge in [0.25, 0.3) is 0 Å². The summed E-state index contributed by atoms with van der Waals surface area (Å²) in [6.45, 7) is -2.22. The van der Waals surface area contributed by atoms with Crippen molar-refractivity contribution in [2.45, 2.75) is 75.9 Å². The zero-order valence-electron chi connectivity index (χ0n) is 15.1. The maximum atomic E-state index is 13.2. The summed E-state index contributed by atoms with van der Waals surface area (Å²) in [5.41, 5.74) is 0.643. The molecule has 152 valence electrons. The summed E-state index contributed by atoms with van der Waals surface area (Å²) in [4.78, 5) is 10.2. The van der Waals surface area contributed by atoms with Crippen LogP contribution in [0.5, 0.6) is 6.01 Å². The molecule has 4 bridgehead atoms. The molecule has 6 heterocycles. The van der Waals surface area contributed by atoms with Gasteiger partial charge < -0.3 is 14.4 Å². The summed E-state index contributed by atoms with van der Waals surface area (Å²) in [7, 11) is 0. The van der Waals surface area contributed by atoms with Crippen LogP contribution in [0.2, 0.25) is 0 Å². The van der Waals surface area contributed by atoms with Crippen LogP contribution in [0.15, 0.2) is 6.07 Å². The van der Waals surface area contributed by atoms with Crippen molar-refractivity contribution in [2.75, 3.05) is 4.90 Å². The summed E-state index contributed by atoms with van der Waals surface area (Å²) in [6, 6.07) is 1.32. The number of hydrogen-bond donors (Lipinski definition) is 0. The number of rotatable bonds is 6. The van der Waals surface area contributed by atoms with E-state index in [0.29, 0.717) is 11.6 Å². The highest BCUT2D eigenvalue weighted by atomic mass is 19.3. The molecule has 4 aliphatic heterocycles. The fourth-order valence-corrected chi connectivity index (χ4v) is 4.62. The molecule has 2 aromatic heterocycles. The minimum Gasteiger partial charge on any atom is -0.401 e. The molecule has 4 unspecified atom stereocenters. The van der Waals surface area contributed by atoms with E-state index in [1.54, 1.807) is 0 Å². The second-order valence-corrected chi connectivity index (χ2v) is 7.79. The molecule has 11 heteroatoms. The number of nitrogens with zero attached hydrogens (tertiary/aromatic N) is 5. The molecule has 4 atom stereocenters. The summed E-state index contributed by atoms with van der Waals surface area (Å²) in [5.74, 6) is -2.48. The van der Waals surface area contributed by atoms with E-state index in [-0.39, 0.29) is 42.8 Å². The second-order valence-electron chi connectivity index (χ2n) is 7.79. The minimum atomic E-state index is -3.06. The van der Waals surface area contributed by atoms with Crippen LogP contribution >= 0.6 is 0 Å². The fourth-order valence-electron chi connectivity index (χ4n) is 4.62. The Hall–Kier alpha value is -2.17. The third-order valence-electron chi connectivity index (χ3n) is 5.67. The predicted octanol–water partition coefficient (Wildman–Crippen LogP) is 2.82. The van der Waals surface area contributed by atoms with Gasteiger partial charge in [-0.1, -0.05) is 0 Å². The monoisotopic (exact) mass is 401 g/mol. The van der Waals surface area contributed by atoms with E-state index in [0.717, 1.165) is 26.2 Å². The van der Waals surface area contributed by atoms with Crippen molar-refractivity contribution in [2.24, 2.45) is 0 Å². The number of aryl methyl sites for hydroxylation is 1. The van der Waals surface area contributed by atoms with Crippen LogP contribution in [0.3, 0.4) is 0 Å². The standard InChI is InChI=1S/C17H19F4N5O2/c1-17(20,21)3-2-8-4-13-22-15(28-14(18)19)23-16(26(13)24-8)25-9-5-10-7-11(25)12(6-9)27-10/h4,9-12,14H,2-3,5-7H2,1H3. The first-order valence-electron chi connectivity index (χ1n) is 9.30. The number of fused-ring (bicyclic) bond motifs is 1. The first-order chi connectivity index (χ1) is 13.3. The average Bonchev–Trinajstić information content (AvgIpc) is 3.19. The largest absolute Gasteiger partial charge is 0.401 e. The van der Waals surface area contributed by atoms with Gasteiger partial charge in [-0.3, -0.25) is 0 Å². The summed E-state index contributed by atoms with van der Waals surface area (Å²) >= 11 is 0. The summed E-state index contributed by atoms with van der Waals surface area (Å²) in [6.07, 6.45) is 2.49. The van der Waals surface area contributed by atoms with Crippen molar-refractivity contribution < 1.29 is 27.0 Å². The molecule has 2 aromatic rings. The molecule has 0 N–H and O–H groups in total. The highest BCUT2D eigenvalue weighted by molar-refractivity contribution is 5.51. The topological polar surface area (TPSA) is 64.8 Å². The Balaban J connectivity index is 1.55. The molecular formula is C17H19F4N5O2. The molecular weight excluding hydrogens is 382 g/mol. The number of piperidine rings is 1. The average molecular weight is 401 g/mol. The van der Waals surface area contributed by atoms with Gasteiger partial charge >= 0.3 is 12.6 Å². The number of ether oxygens (including phenoxy) is 2. The lowest BCUT2D eigenvalue weighted by atomic mass is 10.0. The number of anilines is 1. The van der Waals surface area contributed by atoms with Crippen molar-refractivity contribution >= 4 is 11.6 Å². The van der Waals surface area contributed by atoms with Gasteiger partial charge in [-0.2, -0.15) is 28.4 Å². The Kier molecular flexibility index (Phi) is 3.94. The predicted molar refractivity (Wildman–Crippen MR) is 88.9 cm³/mol. The van der Waals surface area contributed by atoms with Gasteiger partial charge in [0.1, 0.15) is 0 Å². The van der Waals surface area contributed by atoms with E-state index in [9.17, 15) is 17.6 Å². The quantitative estimate of drug-likeness (QED) is 0.694. The van der Waals surface area contributed by atoms with Gasteiger partial charge in [0.2, 0.25) is 11.9 Å². The molecule has 0 aliphatic carbocycles. The molecule has 4 aliphatic rings. The Labute approximate surface area is 157 Å². The lowest BCUT2D eigenvalue weighted by molar-refractivity contribution is -0.0559. The van der Waals surface area contributed by atoms with Gasteiger partial charge in [0.15, 0.2) is 5.65 Å². The number of hydrogen-bond acceptors (Lipinski definition) is 6. The smallest absolute Gasteiger partial charge is 0.389 e. The van der Waals surface area contributed by atoms with Crippen molar-refractivity contribution in [3.63, 3.8) is 0 Å². The van der Waals surface area contributed by atoms with Crippen LogP contribution in [0.25, 0.3) is 5.65 Å². The molecule has 0 amide bonds. The Morgan fingerprint density at radius 1 is 1.29 bits per heavy atom. The Morgan fingerprint density at radius 3 is 2.82 bits per heavy atom. The van der Waals surface area contributed by atoms with Crippen molar-refractivity contribution in [1.82, 2.24) is 19.6 Å². The normalized spacial score (nSPS) is 28.9. The first-order valence-corrected chi connectivity index (χ1v) is 9.30. The zero-order chi connectivity index (χ0) is 19.6. The van der Waals surface area contributed by atoms with Crippen molar-refractivity contribution in [3.8, 4) is 6.01 Å². The van der Waals surface area contributed by atoms with Crippen LogP contribution in [0.4, 0.5) is 23.5 Å². The maximum absolute atomic E-state index is 13.2. The number of alkyl halides is 4. The first kappa shape index (κ1) is 17.9. The lowest BCUT2D eigenvalue weighted by Crippen LogP contribution is -2.44. The molecule has 7 nitrogen and oxygen atoms in total. The third-order valence-corrected chi connectivity index (χ3v) is 5.67. The van der Waals surface area contributed by atoms with Crippen LogP contribution in [-0.2, 0) is 11.2 Å². The number of halogens is 4. The molecule has 0 saturated carbocycles.